The predicted octanol–water partition coefficient (Wildman–Crippen LogP) is 1.89. The lowest BCUT2D eigenvalue weighted by Crippen LogP contribution is -2.44. The van der Waals surface area contributed by atoms with E-state index >= 15 is 0 Å². The molecular weight excluding hydrogens is 304 g/mol. The molecule has 1 aromatic carbocycles. The van der Waals surface area contributed by atoms with Gasteiger partial charge in [-0.25, -0.2) is 0 Å². The van der Waals surface area contributed by atoms with Gasteiger partial charge in [-0.15, -0.1) is 0 Å². The molecule has 1 aromatic rings. The van der Waals surface area contributed by atoms with E-state index in [4.69, 9.17) is 4.74 Å². The molecule has 0 aliphatic carbocycles. The molecule has 2 aliphatic rings. The predicted molar refractivity (Wildman–Crippen MR) is 92.9 cm³/mol. The Balaban J connectivity index is 1.62. The van der Waals surface area contributed by atoms with Crippen LogP contribution in [0.15, 0.2) is 24.3 Å². The molecule has 1 amide bonds. The van der Waals surface area contributed by atoms with E-state index < -0.39 is 0 Å². The highest BCUT2D eigenvalue weighted by atomic mass is 16.5. The summed E-state index contributed by atoms with van der Waals surface area (Å²) in [6.07, 6.45) is 2.40. The summed E-state index contributed by atoms with van der Waals surface area (Å²) in [6, 6.07) is 7.90. The van der Waals surface area contributed by atoms with Crippen LogP contribution in [0.4, 0.5) is 0 Å². The Morgan fingerprint density at radius 3 is 2.50 bits per heavy atom. The van der Waals surface area contributed by atoms with Crippen LogP contribution in [-0.2, 0) is 11.3 Å². The number of morpholine rings is 1. The average molecular weight is 332 g/mol. The number of carbonyl (C=O) groups is 1. The standard InChI is InChI=1S/C19H28N2O3/c1-14-10-20(11-15(2)24-14)12-16-5-7-17(8-6-16)19(23)21-9-3-4-18(21)13-22/h5-8,14-15,18,22H,3-4,9-13H2,1-2H3/t14-,15-,18+/m1/s1. The molecule has 0 unspecified atom stereocenters. The van der Waals surface area contributed by atoms with Crippen molar-refractivity contribution in [3.8, 4) is 0 Å². The van der Waals surface area contributed by atoms with Crippen LogP contribution in [-0.4, -0.2) is 65.3 Å². The Hall–Kier alpha value is -1.43. The van der Waals surface area contributed by atoms with E-state index in [1.165, 1.54) is 5.56 Å². The number of hydrogen-bond acceptors (Lipinski definition) is 4. The number of carbonyl (C=O) groups excluding carboxylic acids is 1. The summed E-state index contributed by atoms with van der Waals surface area (Å²) >= 11 is 0. The molecule has 2 heterocycles. The zero-order chi connectivity index (χ0) is 17.1. The smallest absolute Gasteiger partial charge is 0.254 e. The van der Waals surface area contributed by atoms with Crippen molar-refractivity contribution in [1.29, 1.82) is 0 Å². The quantitative estimate of drug-likeness (QED) is 0.915. The van der Waals surface area contributed by atoms with Gasteiger partial charge in [0, 0.05) is 31.7 Å². The third-order valence-electron chi connectivity index (χ3n) is 4.95. The fraction of sp³-hybridized carbons (Fsp3) is 0.632. The third kappa shape index (κ3) is 3.97. The van der Waals surface area contributed by atoms with Crippen LogP contribution in [0.5, 0.6) is 0 Å². The van der Waals surface area contributed by atoms with Gasteiger partial charge in [0.15, 0.2) is 0 Å². The highest BCUT2D eigenvalue weighted by Crippen LogP contribution is 2.20. The van der Waals surface area contributed by atoms with E-state index in [2.05, 4.69) is 18.7 Å². The largest absolute Gasteiger partial charge is 0.394 e. The molecule has 0 saturated carbocycles. The third-order valence-corrected chi connectivity index (χ3v) is 4.95. The maximum Gasteiger partial charge on any atom is 0.254 e. The van der Waals surface area contributed by atoms with Crippen LogP contribution in [0.2, 0.25) is 0 Å². The van der Waals surface area contributed by atoms with Gasteiger partial charge < -0.3 is 14.7 Å². The zero-order valence-corrected chi connectivity index (χ0v) is 14.6. The molecule has 5 nitrogen and oxygen atoms in total. The first-order valence-corrected chi connectivity index (χ1v) is 8.95. The number of likely N-dealkylation sites (tertiary alicyclic amines) is 1. The van der Waals surface area contributed by atoms with Crippen LogP contribution in [0.25, 0.3) is 0 Å². The first-order valence-electron chi connectivity index (χ1n) is 8.95. The van der Waals surface area contributed by atoms with Crippen LogP contribution < -0.4 is 0 Å². The SMILES string of the molecule is C[C@@H]1CN(Cc2ccc(C(=O)N3CCC[C@H]3CO)cc2)C[C@@H](C)O1. The van der Waals surface area contributed by atoms with Crippen LogP contribution in [0, 0.1) is 0 Å². The molecule has 2 aliphatic heterocycles. The maximum absolute atomic E-state index is 12.6. The molecule has 3 atom stereocenters. The molecular formula is C19H28N2O3. The summed E-state index contributed by atoms with van der Waals surface area (Å²) in [5.74, 6) is 0.0340. The van der Waals surface area contributed by atoms with Crippen molar-refractivity contribution >= 4 is 5.91 Å². The molecule has 3 rings (SSSR count). The highest BCUT2D eigenvalue weighted by molar-refractivity contribution is 5.94. The van der Waals surface area contributed by atoms with Crippen molar-refractivity contribution in [3.63, 3.8) is 0 Å². The Morgan fingerprint density at radius 2 is 1.88 bits per heavy atom. The minimum atomic E-state index is -0.0199. The van der Waals surface area contributed by atoms with Crippen molar-refractivity contribution in [3.05, 3.63) is 35.4 Å². The summed E-state index contributed by atoms with van der Waals surface area (Å²) in [6.45, 7) is 7.78. The van der Waals surface area contributed by atoms with Gasteiger partial charge in [0.25, 0.3) is 5.91 Å². The average Bonchev–Trinajstić information content (AvgIpc) is 3.02. The lowest BCUT2D eigenvalue weighted by atomic mass is 10.1. The van der Waals surface area contributed by atoms with Crippen LogP contribution in [0.3, 0.4) is 0 Å². The highest BCUT2D eigenvalue weighted by Gasteiger charge is 2.28. The van der Waals surface area contributed by atoms with Gasteiger partial charge in [0.05, 0.1) is 24.9 Å². The Bertz CT molecular complexity index is 550. The van der Waals surface area contributed by atoms with E-state index in [0.29, 0.717) is 5.56 Å². The summed E-state index contributed by atoms with van der Waals surface area (Å²) in [7, 11) is 0. The lowest BCUT2D eigenvalue weighted by molar-refractivity contribution is -0.0704. The van der Waals surface area contributed by atoms with Gasteiger partial charge in [0.1, 0.15) is 0 Å². The summed E-state index contributed by atoms with van der Waals surface area (Å²) < 4.78 is 5.77. The summed E-state index contributed by atoms with van der Waals surface area (Å²) in [4.78, 5) is 16.8. The molecule has 5 heteroatoms. The second-order valence-corrected chi connectivity index (χ2v) is 7.13. The second-order valence-electron chi connectivity index (χ2n) is 7.13. The van der Waals surface area contributed by atoms with Crippen molar-refractivity contribution < 1.29 is 14.6 Å². The summed E-state index contributed by atoms with van der Waals surface area (Å²) in [5.41, 5.74) is 1.93. The minimum absolute atomic E-state index is 0.0199. The molecule has 132 valence electrons. The fourth-order valence-electron chi connectivity index (χ4n) is 3.88. The monoisotopic (exact) mass is 332 g/mol. The topological polar surface area (TPSA) is 53.0 Å². The van der Waals surface area contributed by atoms with Crippen LogP contribution in [0.1, 0.15) is 42.6 Å². The number of hydrogen-bond donors (Lipinski definition) is 1. The normalized spacial score (nSPS) is 28.3. The Labute approximate surface area is 144 Å². The maximum atomic E-state index is 12.6. The zero-order valence-electron chi connectivity index (χ0n) is 14.6. The molecule has 1 N–H and O–H groups in total. The molecule has 0 bridgehead atoms. The van der Waals surface area contributed by atoms with Crippen LogP contribution >= 0.6 is 0 Å². The van der Waals surface area contributed by atoms with Gasteiger partial charge in [-0.3, -0.25) is 9.69 Å². The van der Waals surface area contributed by atoms with Gasteiger partial charge in [-0.05, 0) is 44.4 Å². The van der Waals surface area contributed by atoms with E-state index in [1.54, 1.807) is 4.90 Å². The number of benzene rings is 1. The van der Waals surface area contributed by atoms with Gasteiger partial charge in [0.2, 0.25) is 0 Å². The van der Waals surface area contributed by atoms with E-state index in [0.717, 1.165) is 39.0 Å². The van der Waals surface area contributed by atoms with E-state index in [1.807, 2.05) is 24.3 Å². The molecule has 2 fully saturated rings. The van der Waals surface area contributed by atoms with Crippen molar-refractivity contribution in [2.24, 2.45) is 0 Å². The van der Waals surface area contributed by atoms with Gasteiger partial charge >= 0.3 is 0 Å². The van der Waals surface area contributed by atoms with Crippen molar-refractivity contribution in [1.82, 2.24) is 9.80 Å². The Morgan fingerprint density at radius 1 is 1.21 bits per heavy atom. The summed E-state index contributed by atoms with van der Waals surface area (Å²) in [5, 5.41) is 9.39. The minimum Gasteiger partial charge on any atom is -0.394 e. The van der Waals surface area contributed by atoms with Gasteiger partial charge in [-0.2, -0.15) is 0 Å². The second kappa shape index (κ2) is 7.64. The lowest BCUT2D eigenvalue weighted by Gasteiger charge is -2.35. The molecule has 0 aromatic heterocycles. The Kier molecular flexibility index (Phi) is 5.54. The number of rotatable bonds is 4. The van der Waals surface area contributed by atoms with E-state index in [9.17, 15) is 9.90 Å². The number of nitrogens with zero attached hydrogens (tertiary/aromatic N) is 2. The fourth-order valence-corrected chi connectivity index (χ4v) is 3.88. The van der Waals surface area contributed by atoms with Gasteiger partial charge in [-0.1, -0.05) is 12.1 Å². The number of aliphatic hydroxyl groups is 1. The first-order chi connectivity index (χ1) is 11.6. The van der Waals surface area contributed by atoms with E-state index in [-0.39, 0.29) is 30.8 Å². The molecule has 2 saturated heterocycles. The number of ether oxygens (including phenoxy) is 1. The molecule has 0 spiro atoms. The number of amides is 1. The molecule has 24 heavy (non-hydrogen) atoms. The van der Waals surface area contributed by atoms with Crippen molar-refractivity contribution in [2.45, 2.75) is 51.5 Å². The van der Waals surface area contributed by atoms with Crippen molar-refractivity contribution in [2.75, 3.05) is 26.2 Å². The number of aliphatic hydroxyl groups excluding tert-OH is 1. The molecule has 0 radical (unpaired) electrons. The first kappa shape index (κ1) is 17.4.